The lowest BCUT2D eigenvalue weighted by atomic mass is 9.57. The molecule has 1 aliphatic carbocycles. The molecule has 0 aliphatic heterocycles. The van der Waals surface area contributed by atoms with Gasteiger partial charge in [0.2, 0.25) is 0 Å². The van der Waals surface area contributed by atoms with Gasteiger partial charge in [0.1, 0.15) is 5.75 Å². The van der Waals surface area contributed by atoms with Gasteiger partial charge in [-0.2, -0.15) is 0 Å². The standard InChI is InChI=1S/C24H20Cl4O3/c25-18-9-14(10-19(26)22(18)30)24(15-11-20(27)23(31)21(28)12-15)8-2-1-3-17(24)13-4-6-16(29)7-5-13/h4-7,9-12,17,29-31H,1-3,8H2. The lowest BCUT2D eigenvalue weighted by molar-refractivity contribution is 0.294. The molecule has 1 saturated carbocycles. The van der Waals surface area contributed by atoms with Gasteiger partial charge in [-0.3, -0.25) is 0 Å². The minimum Gasteiger partial charge on any atom is -0.508 e. The van der Waals surface area contributed by atoms with Gasteiger partial charge in [-0.25, -0.2) is 0 Å². The highest BCUT2D eigenvalue weighted by atomic mass is 35.5. The summed E-state index contributed by atoms with van der Waals surface area (Å²) in [6.45, 7) is 0. The lowest BCUT2D eigenvalue weighted by Gasteiger charge is -2.46. The van der Waals surface area contributed by atoms with Crippen LogP contribution in [0.2, 0.25) is 20.1 Å². The van der Waals surface area contributed by atoms with Crippen molar-refractivity contribution in [2.75, 3.05) is 0 Å². The van der Waals surface area contributed by atoms with Crippen molar-refractivity contribution in [3.8, 4) is 17.2 Å². The van der Waals surface area contributed by atoms with Crippen LogP contribution in [0.3, 0.4) is 0 Å². The van der Waals surface area contributed by atoms with Crippen molar-refractivity contribution >= 4 is 46.4 Å². The summed E-state index contributed by atoms with van der Waals surface area (Å²) in [5, 5.41) is 30.8. The highest BCUT2D eigenvalue weighted by Crippen LogP contribution is 2.56. The average Bonchev–Trinajstić information content (AvgIpc) is 2.75. The highest BCUT2D eigenvalue weighted by Gasteiger charge is 2.45. The summed E-state index contributed by atoms with van der Waals surface area (Å²) < 4.78 is 0. The van der Waals surface area contributed by atoms with E-state index in [1.54, 1.807) is 36.4 Å². The van der Waals surface area contributed by atoms with Crippen LogP contribution in [0, 0.1) is 0 Å². The summed E-state index contributed by atoms with van der Waals surface area (Å²) in [6.07, 6.45) is 3.59. The van der Waals surface area contributed by atoms with Gasteiger partial charge in [0.15, 0.2) is 11.5 Å². The number of phenols is 3. The summed E-state index contributed by atoms with van der Waals surface area (Å²) in [5.41, 5.74) is 2.09. The molecule has 3 N–H and O–H groups in total. The molecule has 0 heterocycles. The van der Waals surface area contributed by atoms with E-state index in [2.05, 4.69) is 0 Å². The first kappa shape index (κ1) is 22.4. The molecular formula is C24H20Cl4O3. The van der Waals surface area contributed by atoms with Crippen molar-refractivity contribution in [1.82, 2.24) is 0 Å². The van der Waals surface area contributed by atoms with Gasteiger partial charge in [0, 0.05) is 5.41 Å². The topological polar surface area (TPSA) is 60.7 Å². The summed E-state index contributed by atoms with van der Waals surface area (Å²) in [6, 6.07) is 14.1. The minimum atomic E-state index is -0.614. The Kier molecular flexibility index (Phi) is 6.24. The first-order valence-corrected chi connectivity index (χ1v) is 11.4. The predicted octanol–water partition coefficient (Wildman–Crippen LogP) is 8.06. The van der Waals surface area contributed by atoms with E-state index in [9.17, 15) is 15.3 Å². The summed E-state index contributed by atoms with van der Waals surface area (Å²) >= 11 is 25.3. The highest BCUT2D eigenvalue weighted by molar-refractivity contribution is 6.37. The molecule has 0 spiro atoms. The van der Waals surface area contributed by atoms with Crippen LogP contribution in [0.1, 0.15) is 48.3 Å². The molecule has 3 nitrogen and oxygen atoms in total. The van der Waals surface area contributed by atoms with Crippen molar-refractivity contribution < 1.29 is 15.3 Å². The van der Waals surface area contributed by atoms with Crippen LogP contribution in [0.4, 0.5) is 0 Å². The molecule has 3 aromatic rings. The van der Waals surface area contributed by atoms with Gasteiger partial charge in [-0.1, -0.05) is 71.4 Å². The molecule has 1 fully saturated rings. The van der Waals surface area contributed by atoms with Gasteiger partial charge in [0.25, 0.3) is 0 Å². The number of phenolic OH excluding ortho intramolecular Hbond substituents is 3. The number of rotatable bonds is 3. The van der Waals surface area contributed by atoms with Crippen molar-refractivity contribution in [3.05, 3.63) is 85.3 Å². The maximum Gasteiger partial charge on any atom is 0.152 e. The van der Waals surface area contributed by atoms with Crippen LogP contribution in [0.5, 0.6) is 17.2 Å². The maximum absolute atomic E-state index is 10.2. The Balaban J connectivity index is 2.04. The van der Waals surface area contributed by atoms with Gasteiger partial charge >= 0.3 is 0 Å². The van der Waals surface area contributed by atoms with E-state index in [1.165, 1.54) is 0 Å². The van der Waals surface area contributed by atoms with E-state index in [0.717, 1.165) is 42.4 Å². The van der Waals surface area contributed by atoms with Gasteiger partial charge in [-0.05, 0) is 71.8 Å². The molecule has 1 aliphatic rings. The van der Waals surface area contributed by atoms with Crippen LogP contribution in [-0.2, 0) is 5.41 Å². The Hall–Kier alpha value is -1.78. The summed E-state index contributed by atoms with van der Waals surface area (Å²) in [5.74, 6) is -0.145. The van der Waals surface area contributed by atoms with Gasteiger partial charge in [0.05, 0.1) is 20.1 Å². The Morgan fingerprint density at radius 3 is 1.58 bits per heavy atom. The van der Waals surface area contributed by atoms with Gasteiger partial charge in [-0.15, -0.1) is 0 Å². The fraction of sp³-hybridized carbons (Fsp3) is 0.250. The number of hydrogen-bond donors (Lipinski definition) is 3. The fourth-order valence-electron chi connectivity index (χ4n) is 4.83. The normalized spacial score (nSPS) is 18.1. The van der Waals surface area contributed by atoms with E-state index < -0.39 is 5.41 Å². The van der Waals surface area contributed by atoms with E-state index in [1.807, 2.05) is 12.1 Å². The molecule has 1 unspecified atom stereocenters. The van der Waals surface area contributed by atoms with E-state index in [4.69, 9.17) is 46.4 Å². The van der Waals surface area contributed by atoms with Crippen LogP contribution in [0.25, 0.3) is 0 Å². The molecule has 7 heteroatoms. The Labute approximate surface area is 200 Å². The Morgan fingerprint density at radius 2 is 1.13 bits per heavy atom. The molecule has 4 rings (SSSR count). The molecule has 3 aromatic carbocycles. The summed E-state index contributed by atoms with van der Waals surface area (Å²) in [7, 11) is 0. The molecule has 0 radical (unpaired) electrons. The number of hydrogen-bond acceptors (Lipinski definition) is 3. The number of halogens is 4. The smallest absolute Gasteiger partial charge is 0.152 e. The third-order valence-corrected chi connectivity index (χ3v) is 7.42. The van der Waals surface area contributed by atoms with Crippen molar-refractivity contribution in [1.29, 1.82) is 0 Å². The summed E-state index contributed by atoms with van der Waals surface area (Å²) in [4.78, 5) is 0. The third-order valence-electron chi connectivity index (χ3n) is 6.27. The van der Waals surface area contributed by atoms with Crippen molar-refractivity contribution in [2.45, 2.75) is 37.0 Å². The van der Waals surface area contributed by atoms with Crippen LogP contribution < -0.4 is 0 Å². The zero-order valence-corrected chi connectivity index (χ0v) is 19.4. The van der Waals surface area contributed by atoms with Crippen LogP contribution >= 0.6 is 46.4 Å². The average molecular weight is 498 g/mol. The van der Waals surface area contributed by atoms with E-state index >= 15 is 0 Å². The fourth-order valence-corrected chi connectivity index (χ4v) is 5.81. The first-order valence-electron chi connectivity index (χ1n) is 9.90. The number of aromatic hydroxyl groups is 3. The Morgan fingerprint density at radius 1 is 0.677 bits per heavy atom. The quantitative estimate of drug-likeness (QED) is 0.342. The van der Waals surface area contributed by atoms with Crippen molar-refractivity contribution in [3.63, 3.8) is 0 Å². The molecular weight excluding hydrogens is 478 g/mol. The second kappa shape index (κ2) is 8.63. The molecule has 0 aromatic heterocycles. The lowest BCUT2D eigenvalue weighted by Crippen LogP contribution is -2.38. The van der Waals surface area contributed by atoms with Gasteiger partial charge < -0.3 is 15.3 Å². The van der Waals surface area contributed by atoms with E-state index in [-0.39, 0.29) is 43.3 Å². The van der Waals surface area contributed by atoms with Crippen LogP contribution in [-0.4, -0.2) is 15.3 Å². The maximum atomic E-state index is 10.2. The monoisotopic (exact) mass is 496 g/mol. The number of benzene rings is 3. The molecule has 0 bridgehead atoms. The second-order valence-corrected chi connectivity index (χ2v) is 9.57. The van der Waals surface area contributed by atoms with Crippen molar-refractivity contribution in [2.24, 2.45) is 0 Å². The molecule has 162 valence electrons. The molecule has 1 atom stereocenters. The molecule has 31 heavy (non-hydrogen) atoms. The Bertz CT molecular complexity index is 1020. The van der Waals surface area contributed by atoms with Crippen LogP contribution in [0.15, 0.2) is 48.5 Å². The second-order valence-electron chi connectivity index (χ2n) is 7.94. The molecule has 0 saturated heterocycles. The zero-order chi connectivity index (χ0) is 22.3. The SMILES string of the molecule is Oc1ccc(C2CCCCC2(c2cc(Cl)c(O)c(Cl)c2)c2cc(Cl)c(O)c(Cl)c2)cc1. The third kappa shape index (κ3) is 3.93. The first-order chi connectivity index (χ1) is 14.7. The minimum absolute atomic E-state index is 0.00444. The van der Waals surface area contributed by atoms with E-state index in [0.29, 0.717) is 0 Å². The molecule has 0 amide bonds. The zero-order valence-electron chi connectivity index (χ0n) is 16.4. The largest absolute Gasteiger partial charge is 0.508 e. The predicted molar refractivity (Wildman–Crippen MR) is 126 cm³/mol.